The Morgan fingerprint density at radius 3 is 1.57 bits per heavy atom. The fraction of sp³-hybridized carbons (Fsp3) is 0.800. The van der Waals surface area contributed by atoms with Gasteiger partial charge in [0.25, 0.3) is 0 Å². The quantitative estimate of drug-likeness (QED) is 0.231. The second kappa shape index (κ2) is 4.03. The molecule has 3 N–H and O–H groups in total. The Hall–Kier alpha value is -0.990. The first-order valence-corrected chi connectivity index (χ1v) is 3.21. The van der Waals surface area contributed by atoms with Gasteiger partial charge in [-0.25, -0.2) is 5.84 Å². The van der Waals surface area contributed by atoms with Gasteiger partial charge in [-0.1, -0.05) is 0 Å². The largest absolute Gasteiger partial charge is 0.407 e. The maximum absolute atomic E-state index is 11.9. The summed E-state index contributed by atoms with van der Waals surface area (Å²) in [5.74, 6) is -0.550. The van der Waals surface area contributed by atoms with E-state index in [2.05, 4.69) is 10.8 Å². The number of hydrazine groups is 1. The van der Waals surface area contributed by atoms with Crippen molar-refractivity contribution in [3.63, 3.8) is 0 Å². The number of amidine groups is 1. The number of hydrogen-bond acceptors (Lipinski definition) is 2. The van der Waals surface area contributed by atoms with Crippen LogP contribution in [0.25, 0.3) is 0 Å². The van der Waals surface area contributed by atoms with E-state index in [-0.39, 0.29) is 0 Å². The summed E-state index contributed by atoms with van der Waals surface area (Å²) < 4.78 is 71.7. The fourth-order valence-electron chi connectivity index (χ4n) is 0.773. The number of nitrogens with zero attached hydrogens (tertiary/aromatic N) is 1. The number of nitrogens with one attached hydrogen (secondary N) is 1. The Balaban J connectivity index is 5.13. The number of hydrogen-bond donors (Lipinski definition) is 2. The maximum atomic E-state index is 11.9. The summed E-state index contributed by atoms with van der Waals surface area (Å²) in [5.41, 5.74) is 1.27. The maximum Gasteiger partial charge on any atom is 0.407 e. The van der Waals surface area contributed by atoms with Crippen molar-refractivity contribution in [2.45, 2.75) is 12.4 Å². The van der Waals surface area contributed by atoms with Crippen molar-refractivity contribution >= 4 is 5.84 Å². The molecular formula is C5H7F6N3. The van der Waals surface area contributed by atoms with E-state index >= 15 is 0 Å². The van der Waals surface area contributed by atoms with Gasteiger partial charge < -0.3 is 5.43 Å². The van der Waals surface area contributed by atoms with E-state index in [0.717, 1.165) is 7.05 Å². The van der Waals surface area contributed by atoms with Gasteiger partial charge in [0.15, 0.2) is 0 Å². The highest BCUT2D eigenvalue weighted by Crippen LogP contribution is 2.39. The molecule has 0 aromatic heterocycles. The topological polar surface area (TPSA) is 50.4 Å². The van der Waals surface area contributed by atoms with Crippen LogP contribution in [0.4, 0.5) is 26.3 Å². The second-order valence-corrected chi connectivity index (χ2v) is 2.27. The van der Waals surface area contributed by atoms with Crippen molar-refractivity contribution < 1.29 is 26.3 Å². The smallest absolute Gasteiger partial charge is 0.312 e. The molecule has 0 atom stereocenters. The molecule has 0 bridgehead atoms. The molecule has 0 aliphatic carbocycles. The van der Waals surface area contributed by atoms with Gasteiger partial charge in [0.1, 0.15) is 5.84 Å². The van der Waals surface area contributed by atoms with Crippen molar-refractivity contribution in [2.24, 2.45) is 16.8 Å². The highest BCUT2D eigenvalue weighted by atomic mass is 19.4. The summed E-state index contributed by atoms with van der Waals surface area (Å²) in [6.07, 6.45) is -10.9. The third-order valence-corrected chi connectivity index (χ3v) is 1.32. The first-order chi connectivity index (χ1) is 6.14. The summed E-state index contributed by atoms with van der Waals surface area (Å²) in [7, 11) is 0.777. The predicted molar refractivity (Wildman–Crippen MR) is 36.3 cm³/mol. The SMILES string of the molecule is CN=C(NN)C(C(F)(F)F)C(F)(F)F. The number of halogens is 6. The second-order valence-electron chi connectivity index (χ2n) is 2.27. The van der Waals surface area contributed by atoms with E-state index < -0.39 is 24.1 Å². The van der Waals surface area contributed by atoms with Crippen molar-refractivity contribution in [3.05, 3.63) is 0 Å². The van der Waals surface area contributed by atoms with Gasteiger partial charge in [0.05, 0.1) is 0 Å². The zero-order valence-corrected chi connectivity index (χ0v) is 6.87. The van der Waals surface area contributed by atoms with Gasteiger partial charge >= 0.3 is 12.4 Å². The zero-order chi connectivity index (χ0) is 11.6. The van der Waals surface area contributed by atoms with E-state index in [9.17, 15) is 26.3 Å². The minimum Gasteiger partial charge on any atom is -0.312 e. The molecule has 0 amide bonds. The van der Waals surface area contributed by atoms with Crippen LogP contribution in [0.5, 0.6) is 0 Å². The van der Waals surface area contributed by atoms with E-state index in [1.807, 2.05) is 0 Å². The monoisotopic (exact) mass is 223 g/mol. The summed E-state index contributed by atoms with van der Waals surface area (Å²) >= 11 is 0. The van der Waals surface area contributed by atoms with Crippen molar-refractivity contribution in [3.8, 4) is 0 Å². The molecule has 0 aromatic rings. The minimum atomic E-state index is -5.47. The minimum absolute atomic E-state index is 0.777. The van der Waals surface area contributed by atoms with Crippen LogP contribution in [-0.4, -0.2) is 25.2 Å². The predicted octanol–water partition coefficient (Wildman–Crippen LogP) is 1.22. The number of nitrogens with two attached hydrogens (primary N) is 1. The lowest BCUT2D eigenvalue weighted by molar-refractivity contribution is -0.261. The third-order valence-electron chi connectivity index (χ3n) is 1.32. The van der Waals surface area contributed by atoms with Crippen LogP contribution in [-0.2, 0) is 0 Å². The standard InChI is InChI=1S/C5H7F6N3/c1-13-3(14-12)2(4(6,7)8)5(9,10)11/h2H,12H2,1H3,(H,13,14). The van der Waals surface area contributed by atoms with Gasteiger partial charge in [-0.3, -0.25) is 4.99 Å². The van der Waals surface area contributed by atoms with Gasteiger partial charge in [-0.05, 0) is 0 Å². The Labute approximate surface area is 74.9 Å². The molecule has 9 heteroatoms. The Morgan fingerprint density at radius 1 is 1.14 bits per heavy atom. The molecule has 0 spiro atoms. The normalized spacial score (nSPS) is 14.8. The fourth-order valence-corrected chi connectivity index (χ4v) is 0.773. The van der Waals surface area contributed by atoms with E-state index in [0.29, 0.717) is 0 Å². The highest BCUT2D eigenvalue weighted by molar-refractivity contribution is 5.85. The number of aliphatic imine (C=N–C) groups is 1. The average molecular weight is 223 g/mol. The summed E-state index contributed by atoms with van der Waals surface area (Å²) in [6.45, 7) is 0. The van der Waals surface area contributed by atoms with Crippen LogP contribution in [0.3, 0.4) is 0 Å². The molecule has 84 valence electrons. The highest BCUT2D eigenvalue weighted by Gasteiger charge is 2.59. The molecule has 0 aliphatic rings. The van der Waals surface area contributed by atoms with Crippen LogP contribution in [0, 0.1) is 5.92 Å². The lowest BCUT2D eigenvalue weighted by Gasteiger charge is -2.23. The molecule has 0 rings (SSSR count). The third kappa shape index (κ3) is 3.05. The van der Waals surface area contributed by atoms with Gasteiger partial charge in [-0.15, -0.1) is 0 Å². The lowest BCUT2D eigenvalue weighted by atomic mass is 10.1. The Kier molecular flexibility index (Phi) is 3.74. The summed E-state index contributed by atoms with van der Waals surface area (Å²) in [5, 5.41) is 0. The van der Waals surface area contributed by atoms with Crippen LogP contribution >= 0.6 is 0 Å². The zero-order valence-electron chi connectivity index (χ0n) is 6.87. The number of alkyl halides is 6. The molecule has 0 heterocycles. The van der Waals surface area contributed by atoms with Crippen LogP contribution in [0.1, 0.15) is 0 Å². The van der Waals surface area contributed by atoms with Crippen LogP contribution in [0.15, 0.2) is 4.99 Å². The molecule has 3 nitrogen and oxygen atoms in total. The van der Waals surface area contributed by atoms with E-state index in [1.165, 1.54) is 5.43 Å². The summed E-state index contributed by atoms with van der Waals surface area (Å²) in [4.78, 5) is 2.78. The first-order valence-electron chi connectivity index (χ1n) is 3.21. The molecule has 14 heavy (non-hydrogen) atoms. The van der Waals surface area contributed by atoms with Crippen molar-refractivity contribution in [1.82, 2.24) is 5.43 Å². The molecule has 0 unspecified atom stereocenters. The molecule has 0 aromatic carbocycles. The molecule has 0 fully saturated rings. The van der Waals surface area contributed by atoms with Crippen LogP contribution < -0.4 is 11.3 Å². The van der Waals surface area contributed by atoms with Crippen molar-refractivity contribution in [1.29, 1.82) is 0 Å². The Morgan fingerprint density at radius 2 is 1.50 bits per heavy atom. The van der Waals surface area contributed by atoms with Crippen LogP contribution in [0.2, 0.25) is 0 Å². The molecule has 0 saturated carbocycles. The Bertz CT molecular complexity index is 202. The number of rotatable bonds is 1. The summed E-state index contributed by atoms with van der Waals surface area (Å²) in [6, 6.07) is 0. The lowest BCUT2D eigenvalue weighted by Crippen LogP contribution is -2.50. The molecular weight excluding hydrogens is 216 g/mol. The molecule has 0 saturated heterocycles. The van der Waals surface area contributed by atoms with Gasteiger partial charge in [0.2, 0.25) is 5.92 Å². The molecule has 0 radical (unpaired) electrons. The first kappa shape index (κ1) is 13.0. The van der Waals surface area contributed by atoms with Gasteiger partial charge in [0, 0.05) is 7.05 Å². The molecule has 0 aliphatic heterocycles. The van der Waals surface area contributed by atoms with E-state index in [1.54, 1.807) is 0 Å². The average Bonchev–Trinajstić information content (AvgIpc) is 1.94. The van der Waals surface area contributed by atoms with Gasteiger partial charge in [-0.2, -0.15) is 26.3 Å². The van der Waals surface area contributed by atoms with Crippen molar-refractivity contribution in [2.75, 3.05) is 7.05 Å². The van der Waals surface area contributed by atoms with E-state index in [4.69, 9.17) is 0 Å².